The number of amides is 3. The van der Waals surface area contributed by atoms with E-state index >= 15 is 0 Å². The van der Waals surface area contributed by atoms with Gasteiger partial charge in [0.05, 0.1) is 13.2 Å². The van der Waals surface area contributed by atoms with Crippen LogP contribution in [0, 0.1) is 5.92 Å². The van der Waals surface area contributed by atoms with Crippen LogP contribution in [0.15, 0.2) is 35.8 Å². The molecule has 29 heavy (non-hydrogen) atoms. The van der Waals surface area contributed by atoms with Crippen LogP contribution in [0.1, 0.15) is 37.6 Å². The molecule has 0 radical (unpaired) electrons. The molecule has 1 atom stereocenters. The van der Waals surface area contributed by atoms with Crippen molar-refractivity contribution in [2.24, 2.45) is 5.92 Å². The van der Waals surface area contributed by atoms with Gasteiger partial charge in [0.1, 0.15) is 11.8 Å². The van der Waals surface area contributed by atoms with Gasteiger partial charge in [-0.2, -0.15) is 0 Å². The Hall–Kier alpha value is -2.94. The Labute approximate surface area is 174 Å². The van der Waals surface area contributed by atoms with Crippen LogP contribution in [-0.4, -0.2) is 41.9 Å². The number of anilines is 1. The number of benzene rings is 1. The number of carbonyl (C=O) groups excluding carboxylic acids is 3. The maximum Gasteiger partial charge on any atom is 0.251 e. The predicted molar refractivity (Wildman–Crippen MR) is 112 cm³/mol. The highest BCUT2D eigenvalue weighted by Gasteiger charge is 2.23. The minimum Gasteiger partial charge on any atom is -0.494 e. The molecule has 0 unspecified atom stereocenters. The van der Waals surface area contributed by atoms with Gasteiger partial charge in [0.25, 0.3) is 5.91 Å². The van der Waals surface area contributed by atoms with Gasteiger partial charge in [-0.15, -0.1) is 11.3 Å². The summed E-state index contributed by atoms with van der Waals surface area (Å²) in [6, 6.07) is 5.93. The van der Waals surface area contributed by atoms with Gasteiger partial charge in [-0.25, -0.2) is 4.98 Å². The van der Waals surface area contributed by atoms with Gasteiger partial charge in [0, 0.05) is 17.1 Å². The van der Waals surface area contributed by atoms with Crippen molar-refractivity contribution in [3.8, 4) is 5.75 Å². The smallest absolute Gasteiger partial charge is 0.251 e. The maximum atomic E-state index is 12.5. The molecule has 2 aromatic rings. The fourth-order valence-electron chi connectivity index (χ4n) is 2.56. The number of nitrogens with zero attached hydrogens (tertiary/aromatic N) is 1. The molecule has 3 N–H and O–H groups in total. The number of ether oxygens (including phenoxy) is 1. The van der Waals surface area contributed by atoms with Crippen molar-refractivity contribution in [1.29, 1.82) is 0 Å². The molecule has 8 nitrogen and oxygen atoms in total. The van der Waals surface area contributed by atoms with Crippen LogP contribution in [0.5, 0.6) is 5.75 Å². The number of hydrogen-bond acceptors (Lipinski definition) is 6. The summed E-state index contributed by atoms with van der Waals surface area (Å²) in [7, 11) is 0. The van der Waals surface area contributed by atoms with Crippen LogP contribution in [0.4, 0.5) is 5.13 Å². The van der Waals surface area contributed by atoms with Gasteiger partial charge < -0.3 is 20.7 Å². The van der Waals surface area contributed by atoms with E-state index in [2.05, 4.69) is 20.9 Å². The predicted octanol–water partition coefficient (Wildman–Crippen LogP) is 2.44. The van der Waals surface area contributed by atoms with Crippen molar-refractivity contribution in [3.05, 3.63) is 41.4 Å². The van der Waals surface area contributed by atoms with Crippen molar-refractivity contribution in [2.45, 2.75) is 33.2 Å². The van der Waals surface area contributed by atoms with E-state index in [1.165, 1.54) is 11.3 Å². The summed E-state index contributed by atoms with van der Waals surface area (Å²) in [5.41, 5.74) is 0.418. The molecule has 0 aliphatic carbocycles. The highest BCUT2D eigenvalue weighted by atomic mass is 32.1. The van der Waals surface area contributed by atoms with Crippen molar-refractivity contribution in [1.82, 2.24) is 15.6 Å². The SMILES string of the molecule is CCOc1ccc(C(=O)NCC(=O)N[C@@H](CC(C)C)C(=O)Nc2nccs2)cc1. The normalized spacial score (nSPS) is 11.6. The summed E-state index contributed by atoms with van der Waals surface area (Å²) in [4.78, 5) is 41.0. The Morgan fingerprint density at radius 1 is 1.17 bits per heavy atom. The molecular weight excluding hydrogens is 392 g/mol. The fourth-order valence-corrected chi connectivity index (χ4v) is 3.09. The first-order valence-electron chi connectivity index (χ1n) is 9.39. The zero-order valence-corrected chi connectivity index (χ0v) is 17.5. The van der Waals surface area contributed by atoms with Gasteiger partial charge in [-0.05, 0) is 43.5 Å². The Kier molecular flexibility index (Phi) is 8.60. The van der Waals surface area contributed by atoms with E-state index < -0.39 is 11.9 Å². The van der Waals surface area contributed by atoms with Crippen LogP contribution < -0.4 is 20.7 Å². The van der Waals surface area contributed by atoms with Crippen LogP contribution >= 0.6 is 11.3 Å². The van der Waals surface area contributed by atoms with E-state index in [0.29, 0.717) is 29.5 Å². The topological polar surface area (TPSA) is 109 Å². The minimum absolute atomic E-state index is 0.195. The summed E-state index contributed by atoms with van der Waals surface area (Å²) in [6.45, 7) is 6.11. The van der Waals surface area contributed by atoms with E-state index in [0.717, 1.165) is 0 Å². The van der Waals surface area contributed by atoms with Crippen molar-refractivity contribution in [3.63, 3.8) is 0 Å². The lowest BCUT2D eigenvalue weighted by atomic mass is 10.0. The van der Waals surface area contributed by atoms with Crippen LogP contribution in [-0.2, 0) is 9.59 Å². The van der Waals surface area contributed by atoms with Crippen molar-refractivity contribution < 1.29 is 19.1 Å². The molecule has 2 rings (SSSR count). The molecule has 1 heterocycles. The molecule has 0 spiro atoms. The van der Waals surface area contributed by atoms with Gasteiger partial charge in [0.15, 0.2) is 5.13 Å². The lowest BCUT2D eigenvalue weighted by Crippen LogP contribution is -2.48. The highest BCUT2D eigenvalue weighted by molar-refractivity contribution is 7.13. The number of carbonyl (C=O) groups is 3. The molecular formula is C20H26N4O4S. The first kappa shape index (κ1) is 22.4. The van der Waals surface area contributed by atoms with Gasteiger partial charge >= 0.3 is 0 Å². The highest BCUT2D eigenvalue weighted by Crippen LogP contribution is 2.13. The van der Waals surface area contributed by atoms with Gasteiger partial charge in [-0.3, -0.25) is 14.4 Å². The Morgan fingerprint density at radius 3 is 2.48 bits per heavy atom. The zero-order chi connectivity index (χ0) is 21.2. The van der Waals surface area contributed by atoms with E-state index in [9.17, 15) is 14.4 Å². The molecule has 156 valence electrons. The van der Waals surface area contributed by atoms with Crippen molar-refractivity contribution in [2.75, 3.05) is 18.5 Å². The molecule has 0 aliphatic rings. The zero-order valence-electron chi connectivity index (χ0n) is 16.7. The number of thiazole rings is 1. The monoisotopic (exact) mass is 418 g/mol. The number of hydrogen-bond donors (Lipinski definition) is 3. The Morgan fingerprint density at radius 2 is 1.90 bits per heavy atom. The quantitative estimate of drug-likeness (QED) is 0.549. The second-order valence-electron chi connectivity index (χ2n) is 6.72. The Bertz CT molecular complexity index is 806. The minimum atomic E-state index is -0.714. The molecule has 3 amide bonds. The summed E-state index contributed by atoms with van der Waals surface area (Å²) >= 11 is 1.30. The third-order valence-corrected chi connectivity index (χ3v) is 4.55. The summed E-state index contributed by atoms with van der Waals surface area (Å²) < 4.78 is 5.34. The average molecular weight is 419 g/mol. The summed E-state index contributed by atoms with van der Waals surface area (Å²) in [5, 5.41) is 10.2. The third-order valence-electron chi connectivity index (χ3n) is 3.86. The van der Waals surface area contributed by atoms with Crippen LogP contribution in [0.25, 0.3) is 0 Å². The number of aromatic nitrogens is 1. The van der Waals surface area contributed by atoms with E-state index in [4.69, 9.17) is 4.74 Å². The largest absolute Gasteiger partial charge is 0.494 e. The molecule has 0 saturated carbocycles. The third kappa shape index (κ3) is 7.53. The fraction of sp³-hybridized carbons (Fsp3) is 0.400. The van der Waals surface area contributed by atoms with Crippen molar-refractivity contribution >= 4 is 34.2 Å². The number of nitrogens with one attached hydrogen (secondary N) is 3. The Balaban J connectivity index is 1.88. The summed E-state index contributed by atoms with van der Waals surface area (Å²) in [6.07, 6.45) is 2.06. The molecule has 0 saturated heterocycles. The van der Waals surface area contributed by atoms with Gasteiger partial charge in [0.2, 0.25) is 11.8 Å². The molecule has 0 aliphatic heterocycles. The van der Waals surface area contributed by atoms with Crippen LogP contribution in [0.3, 0.4) is 0 Å². The standard InChI is InChI=1S/C20H26N4O4S/c1-4-28-15-7-5-14(6-8-15)18(26)22-12-17(25)23-16(11-13(2)3)19(27)24-20-21-9-10-29-20/h5-10,13,16H,4,11-12H2,1-3H3,(H,22,26)(H,23,25)(H,21,24,27)/t16-/m0/s1. The number of rotatable bonds is 10. The second kappa shape index (κ2) is 11.2. The lowest BCUT2D eigenvalue weighted by Gasteiger charge is -2.19. The molecule has 9 heteroatoms. The first-order valence-corrected chi connectivity index (χ1v) is 10.3. The lowest BCUT2D eigenvalue weighted by molar-refractivity contribution is -0.126. The first-order chi connectivity index (χ1) is 13.9. The molecule has 1 aromatic carbocycles. The van der Waals surface area contributed by atoms with E-state index in [-0.39, 0.29) is 24.3 Å². The van der Waals surface area contributed by atoms with E-state index in [1.54, 1.807) is 35.8 Å². The molecule has 0 bridgehead atoms. The van der Waals surface area contributed by atoms with Gasteiger partial charge in [-0.1, -0.05) is 13.8 Å². The molecule has 0 fully saturated rings. The van der Waals surface area contributed by atoms with Crippen LogP contribution in [0.2, 0.25) is 0 Å². The average Bonchev–Trinajstić information content (AvgIpc) is 3.19. The second-order valence-corrected chi connectivity index (χ2v) is 7.61. The molecule has 1 aromatic heterocycles. The maximum absolute atomic E-state index is 12.5. The summed E-state index contributed by atoms with van der Waals surface area (Å²) in [5.74, 6) is -0.287. The van der Waals surface area contributed by atoms with E-state index in [1.807, 2.05) is 20.8 Å².